The predicted molar refractivity (Wildman–Crippen MR) is 80.6 cm³/mol. The first kappa shape index (κ1) is 16.9. The van der Waals surface area contributed by atoms with Crippen molar-refractivity contribution in [2.24, 2.45) is 16.7 Å². The van der Waals surface area contributed by atoms with Crippen molar-refractivity contribution in [3.05, 3.63) is 0 Å². The van der Waals surface area contributed by atoms with Crippen LogP contribution in [0.3, 0.4) is 0 Å². The minimum absolute atomic E-state index is 0.217. The second-order valence-corrected chi connectivity index (χ2v) is 9.45. The first-order valence-electron chi connectivity index (χ1n) is 7.14. The van der Waals surface area contributed by atoms with Gasteiger partial charge in [0.15, 0.2) is 0 Å². The lowest BCUT2D eigenvalue weighted by Gasteiger charge is -2.16. The SMILES string of the molecule is CC(C)NCC(C)S(=O)(=O)NCC1C(C)(C)C1(C)C. The Morgan fingerprint density at radius 3 is 1.89 bits per heavy atom. The highest BCUT2D eigenvalue weighted by Crippen LogP contribution is 2.67. The molecule has 0 bridgehead atoms. The Hall–Kier alpha value is -0.130. The van der Waals surface area contributed by atoms with Crippen LogP contribution in [0.15, 0.2) is 0 Å². The molecule has 0 aromatic rings. The van der Waals surface area contributed by atoms with E-state index >= 15 is 0 Å². The van der Waals surface area contributed by atoms with Gasteiger partial charge in [0.1, 0.15) is 0 Å². The van der Waals surface area contributed by atoms with E-state index in [0.29, 0.717) is 25.0 Å². The van der Waals surface area contributed by atoms with E-state index in [1.165, 1.54) is 0 Å². The minimum atomic E-state index is -3.22. The molecule has 0 aliphatic heterocycles. The zero-order valence-electron chi connectivity index (χ0n) is 13.4. The summed E-state index contributed by atoms with van der Waals surface area (Å²) in [6.45, 7) is 15.6. The van der Waals surface area contributed by atoms with Gasteiger partial charge in [-0.3, -0.25) is 0 Å². The van der Waals surface area contributed by atoms with Gasteiger partial charge in [0.25, 0.3) is 0 Å². The second-order valence-electron chi connectivity index (χ2n) is 7.26. The Bertz CT molecular complexity index is 399. The summed E-state index contributed by atoms with van der Waals surface area (Å²) < 4.78 is 27.1. The fourth-order valence-electron chi connectivity index (χ4n) is 2.70. The van der Waals surface area contributed by atoms with E-state index in [2.05, 4.69) is 37.7 Å². The molecule has 0 saturated heterocycles. The van der Waals surface area contributed by atoms with Gasteiger partial charge >= 0.3 is 0 Å². The molecule has 1 rings (SSSR count). The third-order valence-corrected chi connectivity index (χ3v) is 6.95. The van der Waals surface area contributed by atoms with E-state index in [0.717, 1.165) is 0 Å². The standard InChI is InChI=1S/C14H30N2O2S/c1-10(2)15-8-11(3)19(17,18)16-9-12-13(4,5)14(12,6)7/h10-12,15-16H,8-9H2,1-7H3. The maximum absolute atomic E-state index is 12.1. The molecule has 1 saturated carbocycles. The molecular weight excluding hydrogens is 260 g/mol. The predicted octanol–water partition coefficient (Wildman–Crippen LogP) is 1.97. The number of hydrogen-bond acceptors (Lipinski definition) is 3. The Morgan fingerprint density at radius 2 is 1.53 bits per heavy atom. The summed E-state index contributed by atoms with van der Waals surface area (Å²) >= 11 is 0. The summed E-state index contributed by atoms with van der Waals surface area (Å²) in [5.41, 5.74) is 0.434. The maximum Gasteiger partial charge on any atom is 0.215 e. The molecule has 1 fully saturated rings. The molecule has 0 radical (unpaired) electrons. The molecule has 114 valence electrons. The number of sulfonamides is 1. The highest BCUT2D eigenvalue weighted by Gasteiger charge is 2.64. The monoisotopic (exact) mass is 290 g/mol. The van der Waals surface area contributed by atoms with Gasteiger partial charge in [-0.15, -0.1) is 0 Å². The molecule has 1 aliphatic rings. The van der Waals surface area contributed by atoms with Gasteiger partial charge in [-0.2, -0.15) is 0 Å². The molecule has 1 aliphatic carbocycles. The van der Waals surface area contributed by atoms with Gasteiger partial charge in [-0.1, -0.05) is 41.5 Å². The van der Waals surface area contributed by atoms with Crippen LogP contribution in [0.25, 0.3) is 0 Å². The second kappa shape index (κ2) is 5.34. The van der Waals surface area contributed by atoms with Crippen molar-refractivity contribution >= 4 is 10.0 Å². The zero-order valence-corrected chi connectivity index (χ0v) is 14.2. The lowest BCUT2D eigenvalue weighted by molar-refractivity contribution is 0.457. The summed E-state index contributed by atoms with van der Waals surface area (Å²) in [6.07, 6.45) is 0. The molecule has 19 heavy (non-hydrogen) atoms. The largest absolute Gasteiger partial charge is 0.313 e. The molecule has 1 unspecified atom stereocenters. The molecule has 0 spiro atoms. The molecule has 4 nitrogen and oxygen atoms in total. The van der Waals surface area contributed by atoms with E-state index in [4.69, 9.17) is 0 Å². The number of nitrogens with one attached hydrogen (secondary N) is 2. The molecule has 2 N–H and O–H groups in total. The molecule has 0 heterocycles. The summed E-state index contributed by atoms with van der Waals surface area (Å²) in [7, 11) is -3.22. The third-order valence-electron chi connectivity index (χ3n) is 5.15. The zero-order chi connectivity index (χ0) is 15.1. The van der Waals surface area contributed by atoms with Crippen molar-refractivity contribution in [1.82, 2.24) is 10.0 Å². The Kier molecular flexibility index (Phi) is 4.75. The first-order valence-corrected chi connectivity index (χ1v) is 8.69. The van der Waals surface area contributed by atoms with E-state index < -0.39 is 15.3 Å². The van der Waals surface area contributed by atoms with Crippen LogP contribution in [0.1, 0.15) is 48.5 Å². The maximum atomic E-state index is 12.1. The minimum Gasteiger partial charge on any atom is -0.313 e. The fraction of sp³-hybridized carbons (Fsp3) is 1.00. The van der Waals surface area contributed by atoms with E-state index in [-0.39, 0.29) is 10.8 Å². The van der Waals surface area contributed by atoms with Crippen molar-refractivity contribution in [2.45, 2.75) is 59.8 Å². The molecule has 0 aromatic heterocycles. The third kappa shape index (κ3) is 3.50. The van der Waals surface area contributed by atoms with Gasteiger partial charge in [-0.25, -0.2) is 13.1 Å². The van der Waals surface area contributed by atoms with E-state index in [1.807, 2.05) is 13.8 Å². The molecule has 0 aromatic carbocycles. The average molecular weight is 290 g/mol. The van der Waals surface area contributed by atoms with Crippen LogP contribution >= 0.6 is 0 Å². The topological polar surface area (TPSA) is 58.2 Å². The highest BCUT2D eigenvalue weighted by molar-refractivity contribution is 7.90. The van der Waals surface area contributed by atoms with Crippen LogP contribution in [-0.2, 0) is 10.0 Å². The summed E-state index contributed by atoms with van der Waals surface area (Å²) in [5.74, 6) is 0.417. The first-order chi connectivity index (χ1) is 8.43. The van der Waals surface area contributed by atoms with Gasteiger partial charge < -0.3 is 5.32 Å². The van der Waals surface area contributed by atoms with Crippen molar-refractivity contribution in [2.75, 3.05) is 13.1 Å². The van der Waals surface area contributed by atoms with Crippen molar-refractivity contribution in [1.29, 1.82) is 0 Å². The average Bonchev–Trinajstić information content (AvgIpc) is 2.63. The summed E-state index contributed by atoms with van der Waals surface area (Å²) in [4.78, 5) is 0. The van der Waals surface area contributed by atoms with Gasteiger partial charge in [0, 0.05) is 19.1 Å². The molecule has 0 amide bonds. The Labute approximate surface area is 118 Å². The fourth-order valence-corrected chi connectivity index (χ4v) is 3.70. The normalized spacial score (nSPS) is 23.6. The lowest BCUT2D eigenvalue weighted by atomic mass is 10.0. The van der Waals surface area contributed by atoms with Crippen LogP contribution in [0, 0.1) is 16.7 Å². The molecule has 1 atom stereocenters. The smallest absolute Gasteiger partial charge is 0.215 e. The van der Waals surface area contributed by atoms with Gasteiger partial charge in [-0.05, 0) is 23.7 Å². The summed E-state index contributed by atoms with van der Waals surface area (Å²) in [6, 6.07) is 0.305. The van der Waals surface area contributed by atoms with Crippen molar-refractivity contribution < 1.29 is 8.42 Å². The van der Waals surface area contributed by atoms with Crippen LogP contribution in [-0.4, -0.2) is 32.8 Å². The van der Waals surface area contributed by atoms with Crippen molar-refractivity contribution in [3.63, 3.8) is 0 Å². The van der Waals surface area contributed by atoms with Crippen LogP contribution < -0.4 is 10.0 Å². The Morgan fingerprint density at radius 1 is 1.05 bits per heavy atom. The molecular formula is C14H30N2O2S. The number of hydrogen-bond donors (Lipinski definition) is 2. The number of rotatable bonds is 7. The van der Waals surface area contributed by atoms with Crippen LogP contribution in [0.5, 0.6) is 0 Å². The van der Waals surface area contributed by atoms with E-state index in [9.17, 15) is 8.42 Å². The highest BCUT2D eigenvalue weighted by atomic mass is 32.2. The van der Waals surface area contributed by atoms with Crippen LogP contribution in [0.4, 0.5) is 0 Å². The lowest BCUT2D eigenvalue weighted by Crippen LogP contribution is -2.41. The van der Waals surface area contributed by atoms with Crippen molar-refractivity contribution in [3.8, 4) is 0 Å². The molecule has 5 heteroatoms. The Balaban J connectivity index is 2.49. The summed E-state index contributed by atoms with van der Waals surface area (Å²) in [5, 5.41) is 2.77. The van der Waals surface area contributed by atoms with Crippen LogP contribution in [0.2, 0.25) is 0 Å². The van der Waals surface area contributed by atoms with E-state index in [1.54, 1.807) is 6.92 Å². The van der Waals surface area contributed by atoms with Gasteiger partial charge in [0.2, 0.25) is 10.0 Å². The van der Waals surface area contributed by atoms with Gasteiger partial charge in [0.05, 0.1) is 5.25 Å². The quantitative estimate of drug-likeness (QED) is 0.754.